The maximum Gasteiger partial charge on any atom is 0.327 e. The molecule has 1 aliphatic rings. The number of benzene rings is 1. The highest BCUT2D eigenvalue weighted by atomic mass is 35.5. The number of thiophene rings is 1. The van der Waals surface area contributed by atoms with Gasteiger partial charge >= 0.3 is 11.9 Å². The van der Waals surface area contributed by atoms with Crippen LogP contribution >= 0.6 is 22.9 Å². The van der Waals surface area contributed by atoms with Gasteiger partial charge in [-0.05, 0) is 29.7 Å². The van der Waals surface area contributed by atoms with Crippen LogP contribution in [0.2, 0.25) is 5.02 Å². The van der Waals surface area contributed by atoms with Crippen LogP contribution in [-0.4, -0.2) is 30.5 Å². The Bertz CT molecular complexity index is 820. The minimum Gasteiger partial charge on any atom is -0.468 e. The van der Waals surface area contributed by atoms with Crippen LogP contribution in [-0.2, 0) is 27.3 Å². The molecule has 0 spiro atoms. The van der Waals surface area contributed by atoms with Gasteiger partial charge in [-0.1, -0.05) is 36.7 Å². The van der Waals surface area contributed by atoms with E-state index in [1.165, 1.54) is 23.3 Å². The zero-order chi connectivity index (χ0) is 18.7. The molecule has 26 heavy (non-hydrogen) atoms. The number of esters is 2. The predicted octanol–water partition coefficient (Wildman–Crippen LogP) is 3.99. The summed E-state index contributed by atoms with van der Waals surface area (Å²) in [6.07, 6.45) is 1.12. The molecule has 1 aliphatic heterocycles. The van der Waals surface area contributed by atoms with Crippen LogP contribution in [0.5, 0.6) is 5.06 Å². The average Bonchev–Trinajstić information content (AvgIpc) is 3.04. The molecule has 0 radical (unpaired) electrons. The zero-order valence-corrected chi connectivity index (χ0v) is 16.2. The van der Waals surface area contributed by atoms with Crippen LogP contribution in [0.25, 0.3) is 0 Å². The highest BCUT2D eigenvalue weighted by Crippen LogP contribution is 2.37. The van der Waals surface area contributed by atoms with E-state index in [1.807, 2.05) is 29.2 Å². The van der Waals surface area contributed by atoms with Crippen molar-refractivity contribution in [2.75, 3.05) is 13.7 Å². The topological polar surface area (TPSA) is 55.8 Å². The Kier molecular flexibility index (Phi) is 5.96. The molecule has 0 aliphatic carbocycles. The van der Waals surface area contributed by atoms with Crippen molar-refractivity contribution >= 4 is 34.9 Å². The highest BCUT2D eigenvalue weighted by Gasteiger charge is 2.33. The smallest absolute Gasteiger partial charge is 0.327 e. The van der Waals surface area contributed by atoms with Crippen LogP contribution in [0, 0.1) is 0 Å². The Morgan fingerprint density at radius 1 is 1.35 bits per heavy atom. The minimum atomic E-state index is -0.566. The van der Waals surface area contributed by atoms with Crippen molar-refractivity contribution in [2.45, 2.75) is 32.4 Å². The summed E-state index contributed by atoms with van der Waals surface area (Å²) < 4.78 is 10.4. The van der Waals surface area contributed by atoms with Crippen molar-refractivity contribution in [1.29, 1.82) is 0 Å². The van der Waals surface area contributed by atoms with Crippen molar-refractivity contribution in [1.82, 2.24) is 4.90 Å². The summed E-state index contributed by atoms with van der Waals surface area (Å²) in [5.41, 5.74) is 1.80. The second-order valence-corrected chi connectivity index (χ2v) is 7.52. The van der Waals surface area contributed by atoms with Gasteiger partial charge in [0.25, 0.3) is 0 Å². The number of ether oxygens (including phenoxy) is 2. The molecule has 3 rings (SSSR count). The zero-order valence-electron chi connectivity index (χ0n) is 14.7. The fraction of sp³-hybridized carbons (Fsp3) is 0.368. The molecule has 0 saturated carbocycles. The predicted molar refractivity (Wildman–Crippen MR) is 101 cm³/mol. The van der Waals surface area contributed by atoms with Crippen molar-refractivity contribution in [3.8, 4) is 5.06 Å². The summed E-state index contributed by atoms with van der Waals surface area (Å²) >= 11 is 7.82. The summed E-state index contributed by atoms with van der Waals surface area (Å²) in [6.45, 7) is 3.03. The Morgan fingerprint density at radius 3 is 2.81 bits per heavy atom. The van der Waals surface area contributed by atoms with E-state index >= 15 is 0 Å². The number of nitrogens with zero attached hydrogens (tertiary/aromatic N) is 1. The number of hydrogen-bond donors (Lipinski definition) is 0. The van der Waals surface area contributed by atoms with Gasteiger partial charge < -0.3 is 9.47 Å². The van der Waals surface area contributed by atoms with E-state index in [4.69, 9.17) is 21.1 Å². The van der Waals surface area contributed by atoms with Crippen molar-refractivity contribution < 1.29 is 19.1 Å². The molecule has 138 valence electrons. The molecule has 2 aromatic rings. The van der Waals surface area contributed by atoms with E-state index < -0.39 is 6.04 Å². The van der Waals surface area contributed by atoms with E-state index in [-0.39, 0.29) is 11.9 Å². The average molecular weight is 394 g/mol. The fourth-order valence-corrected chi connectivity index (χ4v) is 4.33. The fourth-order valence-electron chi connectivity index (χ4n) is 3.06. The van der Waals surface area contributed by atoms with Crippen LogP contribution in [0.15, 0.2) is 30.3 Å². The van der Waals surface area contributed by atoms with Gasteiger partial charge in [0.1, 0.15) is 6.04 Å². The molecule has 0 unspecified atom stereocenters. The molecule has 2 heterocycles. The van der Waals surface area contributed by atoms with E-state index in [0.29, 0.717) is 29.6 Å². The Balaban J connectivity index is 1.86. The molecular weight excluding hydrogens is 374 g/mol. The van der Waals surface area contributed by atoms with Crippen molar-refractivity contribution in [2.24, 2.45) is 0 Å². The highest BCUT2D eigenvalue weighted by molar-refractivity contribution is 7.14. The number of hydrogen-bond acceptors (Lipinski definition) is 6. The second-order valence-electron chi connectivity index (χ2n) is 6.01. The number of fused-ring (bicyclic) bond motifs is 1. The normalized spacial score (nSPS) is 15.2. The first kappa shape index (κ1) is 18.9. The van der Waals surface area contributed by atoms with Gasteiger partial charge in [-0.2, -0.15) is 0 Å². The van der Waals surface area contributed by atoms with Crippen LogP contribution in [0.3, 0.4) is 0 Å². The number of rotatable bonds is 5. The third kappa shape index (κ3) is 3.92. The SMILES string of the molecule is CCC(=O)Oc1cc2c(s1)CCN([C@H](C(=O)OC)c1ccccc1Cl)C2. The van der Waals surface area contributed by atoms with Crippen LogP contribution < -0.4 is 4.74 Å². The first-order valence-electron chi connectivity index (χ1n) is 8.42. The Labute approximate surface area is 161 Å². The van der Waals surface area contributed by atoms with E-state index in [2.05, 4.69) is 0 Å². The summed E-state index contributed by atoms with van der Waals surface area (Å²) in [7, 11) is 1.38. The monoisotopic (exact) mass is 393 g/mol. The Hall–Kier alpha value is -1.89. The summed E-state index contributed by atoms with van der Waals surface area (Å²) in [5.74, 6) is -0.585. The maximum atomic E-state index is 12.5. The van der Waals surface area contributed by atoms with Crippen molar-refractivity contribution in [3.05, 3.63) is 51.4 Å². The van der Waals surface area contributed by atoms with Gasteiger partial charge in [0, 0.05) is 29.4 Å². The lowest BCUT2D eigenvalue weighted by molar-refractivity contribution is -0.147. The maximum absolute atomic E-state index is 12.5. The largest absolute Gasteiger partial charge is 0.468 e. The lowest BCUT2D eigenvalue weighted by Gasteiger charge is -2.33. The van der Waals surface area contributed by atoms with E-state index in [0.717, 1.165) is 17.5 Å². The molecule has 0 saturated heterocycles. The third-order valence-electron chi connectivity index (χ3n) is 4.37. The lowest BCUT2D eigenvalue weighted by atomic mass is 10.0. The van der Waals surface area contributed by atoms with E-state index in [9.17, 15) is 9.59 Å². The van der Waals surface area contributed by atoms with Gasteiger partial charge in [-0.15, -0.1) is 11.3 Å². The van der Waals surface area contributed by atoms with Gasteiger partial charge in [0.15, 0.2) is 5.06 Å². The molecule has 7 heteroatoms. The minimum absolute atomic E-state index is 0.246. The number of carbonyl (C=O) groups is 2. The standard InChI is InChI=1S/C19H20ClNO4S/c1-3-16(22)25-17-10-12-11-21(9-8-15(12)26-17)18(19(23)24-2)13-6-4-5-7-14(13)20/h4-7,10,18H,3,8-9,11H2,1-2H3/t18-/m0/s1. The van der Waals surface area contributed by atoms with Crippen LogP contribution in [0.4, 0.5) is 0 Å². The first-order valence-corrected chi connectivity index (χ1v) is 9.61. The third-order valence-corrected chi connectivity index (χ3v) is 5.83. The first-order chi connectivity index (χ1) is 12.5. The van der Waals surface area contributed by atoms with Gasteiger partial charge in [-0.25, -0.2) is 4.79 Å². The second kappa shape index (κ2) is 8.20. The molecular formula is C19H20ClNO4S. The summed E-state index contributed by atoms with van der Waals surface area (Å²) in [5, 5.41) is 1.15. The molecule has 0 fully saturated rings. The van der Waals surface area contributed by atoms with Gasteiger partial charge in [0.05, 0.1) is 7.11 Å². The van der Waals surface area contributed by atoms with Gasteiger partial charge in [0.2, 0.25) is 0 Å². The number of carbonyl (C=O) groups excluding carboxylic acids is 2. The molecule has 1 aromatic heterocycles. The summed E-state index contributed by atoms with van der Waals surface area (Å²) in [6, 6.07) is 8.64. The Morgan fingerprint density at radius 2 is 2.12 bits per heavy atom. The number of halogens is 1. The van der Waals surface area contributed by atoms with E-state index in [1.54, 1.807) is 13.0 Å². The quantitative estimate of drug-likeness (QED) is 0.719. The van der Waals surface area contributed by atoms with Crippen molar-refractivity contribution in [3.63, 3.8) is 0 Å². The molecule has 0 bridgehead atoms. The number of methoxy groups -OCH3 is 1. The molecule has 5 nitrogen and oxygen atoms in total. The molecule has 1 aromatic carbocycles. The van der Waals surface area contributed by atoms with Gasteiger partial charge in [-0.3, -0.25) is 9.69 Å². The lowest BCUT2D eigenvalue weighted by Crippen LogP contribution is -2.38. The molecule has 1 atom stereocenters. The molecule has 0 amide bonds. The summed E-state index contributed by atoms with van der Waals surface area (Å²) in [4.78, 5) is 27.2. The van der Waals surface area contributed by atoms with Crippen LogP contribution in [0.1, 0.15) is 35.4 Å². The molecule has 0 N–H and O–H groups in total.